The van der Waals surface area contributed by atoms with E-state index in [-0.39, 0.29) is 12.4 Å². The highest BCUT2D eigenvalue weighted by atomic mass is 32.2. The van der Waals surface area contributed by atoms with Gasteiger partial charge in [0.15, 0.2) is 0 Å². The number of nitrogens with two attached hydrogens (primary N) is 1. The minimum atomic E-state index is -3.65. The summed E-state index contributed by atoms with van der Waals surface area (Å²) in [6.45, 7) is 5.71. The maximum absolute atomic E-state index is 11.7. The first-order valence-corrected chi connectivity index (χ1v) is 9.76. The van der Waals surface area contributed by atoms with Gasteiger partial charge >= 0.3 is 5.97 Å². The van der Waals surface area contributed by atoms with Crippen LogP contribution in [0.25, 0.3) is 0 Å². The fourth-order valence-corrected chi connectivity index (χ4v) is 3.32. The van der Waals surface area contributed by atoms with Gasteiger partial charge in [0.2, 0.25) is 0 Å². The molecule has 7 heteroatoms. The van der Waals surface area contributed by atoms with Crippen LogP contribution in [-0.4, -0.2) is 33.3 Å². The Morgan fingerprint density at radius 1 is 1.29 bits per heavy atom. The zero-order chi connectivity index (χ0) is 18.4. The molecule has 1 aromatic carbocycles. The molecule has 0 saturated carbocycles. The molecule has 0 radical (unpaired) electrons. The van der Waals surface area contributed by atoms with Crippen LogP contribution in [0, 0.1) is 6.92 Å². The van der Waals surface area contributed by atoms with Crippen LogP contribution in [0.1, 0.15) is 44.2 Å². The van der Waals surface area contributed by atoms with Gasteiger partial charge in [-0.1, -0.05) is 29.8 Å². The van der Waals surface area contributed by atoms with Gasteiger partial charge in [-0.05, 0) is 39.2 Å². The van der Waals surface area contributed by atoms with Crippen molar-refractivity contribution >= 4 is 16.1 Å². The van der Waals surface area contributed by atoms with E-state index in [0.29, 0.717) is 19.4 Å². The van der Waals surface area contributed by atoms with Crippen molar-refractivity contribution < 1.29 is 22.1 Å². The standard InChI is InChI=1S/C17H27NO5S/c1-5-22-16(19)12-15(18)10-11-17(3,23-24(4,20)21)14-8-6-13(2)7-9-14/h6-9,15H,5,10-12,18H2,1-4H3. The first-order chi connectivity index (χ1) is 11.1. The number of carbonyl (C=O) groups is 1. The fraction of sp³-hybridized carbons (Fsp3) is 0.588. The third kappa shape index (κ3) is 6.98. The summed E-state index contributed by atoms with van der Waals surface area (Å²) in [5.74, 6) is -0.355. The smallest absolute Gasteiger partial charge is 0.307 e. The molecule has 0 heterocycles. The Balaban J connectivity index is 2.87. The lowest BCUT2D eigenvalue weighted by Crippen LogP contribution is -2.33. The third-order valence-corrected chi connectivity index (χ3v) is 4.39. The number of aryl methyl sites for hydroxylation is 1. The average molecular weight is 357 g/mol. The topological polar surface area (TPSA) is 95.7 Å². The highest BCUT2D eigenvalue weighted by Gasteiger charge is 2.32. The minimum Gasteiger partial charge on any atom is -0.466 e. The molecule has 1 aromatic rings. The van der Waals surface area contributed by atoms with Crippen LogP contribution in [-0.2, 0) is 29.4 Å². The third-order valence-electron chi connectivity index (χ3n) is 3.72. The molecule has 0 aromatic heterocycles. The lowest BCUT2D eigenvalue weighted by Gasteiger charge is -2.30. The van der Waals surface area contributed by atoms with E-state index >= 15 is 0 Å². The number of carbonyl (C=O) groups excluding carboxylic acids is 1. The van der Waals surface area contributed by atoms with Crippen molar-refractivity contribution in [1.82, 2.24) is 0 Å². The van der Waals surface area contributed by atoms with Crippen molar-refractivity contribution in [2.24, 2.45) is 5.73 Å². The van der Waals surface area contributed by atoms with Gasteiger partial charge in [0.25, 0.3) is 10.1 Å². The molecular weight excluding hydrogens is 330 g/mol. The normalized spacial score (nSPS) is 15.5. The van der Waals surface area contributed by atoms with Gasteiger partial charge in [-0.15, -0.1) is 0 Å². The number of ether oxygens (including phenoxy) is 1. The Bertz CT molecular complexity index is 641. The zero-order valence-corrected chi connectivity index (χ0v) is 15.6. The molecule has 0 saturated heterocycles. The van der Waals surface area contributed by atoms with Crippen molar-refractivity contribution in [3.63, 3.8) is 0 Å². The molecule has 2 unspecified atom stereocenters. The van der Waals surface area contributed by atoms with E-state index < -0.39 is 21.8 Å². The summed E-state index contributed by atoms with van der Waals surface area (Å²) in [5.41, 5.74) is 6.76. The molecular formula is C17H27NO5S. The van der Waals surface area contributed by atoms with Gasteiger partial charge in [-0.25, -0.2) is 0 Å². The minimum absolute atomic E-state index is 0.0939. The monoisotopic (exact) mass is 357 g/mol. The maximum Gasteiger partial charge on any atom is 0.307 e. The Hall–Kier alpha value is -1.44. The second-order valence-corrected chi connectivity index (χ2v) is 7.77. The Kier molecular flexibility index (Phi) is 7.38. The van der Waals surface area contributed by atoms with Crippen LogP contribution in [0.3, 0.4) is 0 Å². The summed E-state index contributed by atoms with van der Waals surface area (Å²) in [6.07, 6.45) is 1.91. The lowest BCUT2D eigenvalue weighted by molar-refractivity contribution is -0.143. The molecule has 6 nitrogen and oxygen atoms in total. The number of hydrogen-bond donors (Lipinski definition) is 1. The highest BCUT2D eigenvalue weighted by Crippen LogP contribution is 2.33. The van der Waals surface area contributed by atoms with E-state index in [1.165, 1.54) is 0 Å². The van der Waals surface area contributed by atoms with Crippen LogP contribution in [0.4, 0.5) is 0 Å². The summed E-state index contributed by atoms with van der Waals surface area (Å²) in [7, 11) is -3.65. The summed E-state index contributed by atoms with van der Waals surface area (Å²) < 4.78 is 33.6. The van der Waals surface area contributed by atoms with E-state index in [2.05, 4.69) is 0 Å². The van der Waals surface area contributed by atoms with Crippen LogP contribution in [0.5, 0.6) is 0 Å². The van der Waals surface area contributed by atoms with Gasteiger partial charge in [0, 0.05) is 6.04 Å². The van der Waals surface area contributed by atoms with Crippen LogP contribution in [0.15, 0.2) is 24.3 Å². The second kappa shape index (κ2) is 8.60. The number of benzene rings is 1. The summed E-state index contributed by atoms with van der Waals surface area (Å²) in [6, 6.07) is 7.07. The number of esters is 1. The lowest BCUT2D eigenvalue weighted by atomic mass is 9.88. The number of hydrogen-bond acceptors (Lipinski definition) is 6. The molecule has 0 aliphatic rings. The molecule has 0 aliphatic carbocycles. The SMILES string of the molecule is CCOC(=O)CC(N)CCC(C)(OS(C)(=O)=O)c1ccc(C)cc1. The molecule has 0 amide bonds. The number of rotatable bonds is 9. The average Bonchev–Trinajstić information content (AvgIpc) is 2.44. The molecule has 0 spiro atoms. The quantitative estimate of drug-likeness (QED) is 0.538. The molecule has 2 atom stereocenters. The van der Waals surface area contributed by atoms with Gasteiger partial charge in [-0.2, -0.15) is 8.42 Å². The molecule has 24 heavy (non-hydrogen) atoms. The van der Waals surface area contributed by atoms with Crippen LogP contribution < -0.4 is 5.73 Å². The Morgan fingerprint density at radius 3 is 2.38 bits per heavy atom. The van der Waals surface area contributed by atoms with Crippen molar-refractivity contribution in [3.05, 3.63) is 35.4 Å². The van der Waals surface area contributed by atoms with Crippen LogP contribution >= 0.6 is 0 Å². The summed E-state index contributed by atoms with van der Waals surface area (Å²) in [4.78, 5) is 11.5. The Morgan fingerprint density at radius 2 is 1.88 bits per heavy atom. The van der Waals surface area contributed by atoms with Crippen LogP contribution in [0.2, 0.25) is 0 Å². The van der Waals surface area contributed by atoms with Crippen molar-refractivity contribution in [2.45, 2.75) is 51.7 Å². The van der Waals surface area contributed by atoms with Crippen molar-refractivity contribution in [1.29, 1.82) is 0 Å². The first-order valence-electron chi connectivity index (χ1n) is 7.94. The summed E-state index contributed by atoms with van der Waals surface area (Å²) >= 11 is 0. The van der Waals surface area contributed by atoms with Gasteiger partial charge in [-0.3, -0.25) is 8.98 Å². The molecule has 0 bridgehead atoms. The molecule has 2 N–H and O–H groups in total. The van der Waals surface area contributed by atoms with Crippen molar-refractivity contribution in [3.8, 4) is 0 Å². The summed E-state index contributed by atoms with van der Waals surface area (Å²) in [5, 5.41) is 0. The molecule has 1 rings (SSSR count). The predicted octanol–water partition coefficient (Wildman–Crippen LogP) is 2.25. The van der Waals surface area contributed by atoms with E-state index in [4.69, 9.17) is 14.7 Å². The van der Waals surface area contributed by atoms with E-state index in [1.54, 1.807) is 13.8 Å². The molecule has 0 fully saturated rings. The van der Waals surface area contributed by atoms with Gasteiger partial charge in [0.1, 0.15) is 5.60 Å². The molecule has 136 valence electrons. The molecule has 0 aliphatic heterocycles. The predicted molar refractivity (Wildman–Crippen MR) is 92.9 cm³/mol. The highest BCUT2D eigenvalue weighted by molar-refractivity contribution is 7.86. The Labute approximate surface area is 144 Å². The van der Waals surface area contributed by atoms with Gasteiger partial charge in [0.05, 0.1) is 19.3 Å². The van der Waals surface area contributed by atoms with E-state index in [0.717, 1.165) is 17.4 Å². The largest absolute Gasteiger partial charge is 0.466 e. The van der Waals surface area contributed by atoms with Crippen molar-refractivity contribution in [2.75, 3.05) is 12.9 Å². The van der Waals surface area contributed by atoms with E-state index in [1.807, 2.05) is 31.2 Å². The van der Waals surface area contributed by atoms with Gasteiger partial charge < -0.3 is 10.5 Å². The first kappa shape index (κ1) is 20.6. The maximum atomic E-state index is 11.7. The van der Waals surface area contributed by atoms with E-state index in [9.17, 15) is 13.2 Å². The zero-order valence-electron chi connectivity index (χ0n) is 14.7. The second-order valence-electron chi connectivity index (χ2n) is 6.19. The fourth-order valence-electron chi connectivity index (χ4n) is 2.47.